The van der Waals surface area contributed by atoms with E-state index in [0.717, 1.165) is 24.4 Å². The summed E-state index contributed by atoms with van der Waals surface area (Å²) in [6, 6.07) is 10.7. The fourth-order valence-electron chi connectivity index (χ4n) is 3.59. The number of hydrogen-bond acceptors (Lipinski definition) is 6. The Balaban J connectivity index is 1.58. The number of urea groups is 1. The SMILES string of the molecule is COc1ccc(C(CNC(=O)Nc2ccnc(C(=O)N3CCN(C)CC3)c2)N(C)C)cc1. The van der Waals surface area contributed by atoms with E-state index in [1.807, 2.05) is 50.3 Å². The Morgan fingerprint density at radius 2 is 1.81 bits per heavy atom. The molecule has 2 heterocycles. The van der Waals surface area contributed by atoms with Gasteiger partial charge in [-0.2, -0.15) is 0 Å². The first-order valence-corrected chi connectivity index (χ1v) is 10.7. The average molecular weight is 441 g/mol. The van der Waals surface area contributed by atoms with E-state index in [1.165, 1.54) is 0 Å². The molecule has 1 aliphatic heterocycles. The van der Waals surface area contributed by atoms with Gasteiger partial charge in [-0.3, -0.25) is 9.78 Å². The summed E-state index contributed by atoms with van der Waals surface area (Å²) >= 11 is 0. The average Bonchev–Trinajstić information content (AvgIpc) is 2.79. The number of aromatic nitrogens is 1. The molecule has 1 unspecified atom stereocenters. The lowest BCUT2D eigenvalue weighted by Crippen LogP contribution is -2.47. The Labute approximate surface area is 189 Å². The molecule has 1 aliphatic rings. The van der Waals surface area contributed by atoms with Gasteiger partial charge in [0.2, 0.25) is 0 Å². The molecular weight excluding hydrogens is 408 g/mol. The smallest absolute Gasteiger partial charge is 0.319 e. The van der Waals surface area contributed by atoms with Crippen LogP contribution in [-0.2, 0) is 0 Å². The predicted octanol–water partition coefficient (Wildman–Crippen LogP) is 1.90. The minimum atomic E-state index is -0.338. The number of amides is 3. The van der Waals surface area contributed by atoms with E-state index in [9.17, 15) is 9.59 Å². The number of carbonyl (C=O) groups excluding carboxylic acids is 2. The highest BCUT2D eigenvalue weighted by molar-refractivity contribution is 5.95. The van der Waals surface area contributed by atoms with Crippen molar-refractivity contribution in [3.05, 3.63) is 53.9 Å². The molecule has 1 aromatic carbocycles. The van der Waals surface area contributed by atoms with Crippen LogP contribution in [0.1, 0.15) is 22.1 Å². The fourth-order valence-corrected chi connectivity index (χ4v) is 3.59. The molecule has 9 nitrogen and oxygen atoms in total. The quantitative estimate of drug-likeness (QED) is 0.684. The van der Waals surface area contributed by atoms with Crippen LogP contribution in [0.5, 0.6) is 5.75 Å². The zero-order valence-electron chi connectivity index (χ0n) is 19.2. The third-order valence-corrected chi connectivity index (χ3v) is 5.61. The van der Waals surface area contributed by atoms with Crippen molar-refractivity contribution in [2.45, 2.75) is 6.04 Å². The Morgan fingerprint density at radius 1 is 1.12 bits per heavy atom. The number of pyridine rings is 1. The van der Waals surface area contributed by atoms with E-state index in [2.05, 4.69) is 20.5 Å². The highest BCUT2D eigenvalue weighted by Crippen LogP contribution is 2.21. The second-order valence-corrected chi connectivity index (χ2v) is 8.11. The number of anilines is 1. The van der Waals surface area contributed by atoms with E-state index in [1.54, 1.807) is 30.3 Å². The summed E-state index contributed by atoms with van der Waals surface area (Å²) in [6.07, 6.45) is 1.54. The number of nitrogens with one attached hydrogen (secondary N) is 2. The summed E-state index contributed by atoms with van der Waals surface area (Å²) in [4.78, 5) is 35.5. The topological polar surface area (TPSA) is 90.0 Å². The van der Waals surface area contributed by atoms with Gasteiger partial charge in [-0.25, -0.2) is 4.79 Å². The van der Waals surface area contributed by atoms with Crippen molar-refractivity contribution in [1.29, 1.82) is 0 Å². The minimum Gasteiger partial charge on any atom is -0.497 e. The zero-order chi connectivity index (χ0) is 23.1. The first-order valence-electron chi connectivity index (χ1n) is 10.7. The van der Waals surface area contributed by atoms with Gasteiger partial charge in [0.25, 0.3) is 5.91 Å². The lowest BCUT2D eigenvalue weighted by molar-refractivity contribution is 0.0658. The van der Waals surface area contributed by atoms with Crippen molar-refractivity contribution in [1.82, 2.24) is 25.0 Å². The van der Waals surface area contributed by atoms with Gasteiger partial charge in [-0.15, -0.1) is 0 Å². The molecule has 0 aliphatic carbocycles. The molecule has 1 saturated heterocycles. The molecule has 32 heavy (non-hydrogen) atoms. The van der Waals surface area contributed by atoms with Gasteiger partial charge in [0.15, 0.2) is 0 Å². The number of methoxy groups -OCH3 is 1. The number of piperazine rings is 1. The lowest BCUT2D eigenvalue weighted by Gasteiger charge is -2.32. The number of hydrogen-bond donors (Lipinski definition) is 2. The van der Waals surface area contributed by atoms with Crippen LogP contribution in [0.15, 0.2) is 42.6 Å². The number of nitrogens with zero attached hydrogens (tertiary/aromatic N) is 4. The molecule has 1 fully saturated rings. The summed E-state index contributed by atoms with van der Waals surface area (Å²) in [5, 5.41) is 5.72. The van der Waals surface area contributed by atoms with Crippen LogP contribution < -0.4 is 15.4 Å². The molecule has 0 bridgehead atoms. The van der Waals surface area contributed by atoms with Gasteiger partial charge in [0, 0.05) is 44.6 Å². The van der Waals surface area contributed by atoms with Crippen LogP contribution >= 0.6 is 0 Å². The highest BCUT2D eigenvalue weighted by atomic mass is 16.5. The van der Waals surface area contributed by atoms with Gasteiger partial charge in [-0.1, -0.05) is 12.1 Å². The van der Waals surface area contributed by atoms with Crippen LogP contribution in [0.2, 0.25) is 0 Å². The molecule has 2 N–H and O–H groups in total. The van der Waals surface area contributed by atoms with Crippen molar-refractivity contribution in [3.63, 3.8) is 0 Å². The van der Waals surface area contributed by atoms with Crippen molar-refractivity contribution < 1.29 is 14.3 Å². The van der Waals surface area contributed by atoms with Gasteiger partial charge in [-0.05, 0) is 51.0 Å². The Hall–Kier alpha value is -3.17. The molecule has 0 radical (unpaired) electrons. The number of benzene rings is 1. The van der Waals surface area contributed by atoms with Gasteiger partial charge in [0.05, 0.1) is 13.2 Å². The van der Waals surface area contributed by atoms with E-state index < -0.39 is 0 Å². The normalized spacial score (nSPS) is 15.3. The maximum Gasteiger partial charge on any atom is 0.319 e. The van der Waals surface area contributed by atoms with Gasteiger partial charge < -0.3 is 30.1 Å². The van der Waals surface area contributed by atoms with Crippen molar-refractivity contribution in [3.8, 4) is 5.75 Å². The van der Waals surface area contributed by atoms with Gasteiger partial charge in [0.1, 0.15) is 11.4 Å². The van der Waals surface area contributed by atoms with Crippen LogP contribution in [0, 0.1) is 0 Å². The maximum absolute atomic E-state index is 12.7. The van der Waals surface area contributed by atoms with Crippen LogP contribution in [0.4, 0.5) is 10.5 Å². The number of likely N-dealkylation sites (N-methyl/N-ethyl adjacent to an activating group) is 2. The molecular formula is C23H32N6O3. The monoisotopic (exact) mass is 440 g/mol. The molecule has 172 valence electrons. The molecule has 1 atom stereocenters. The van der Waals surface area contributed by atoms with E-state index in [4.69, 9.17) is 4.74 Å². The summed E-state index contributed by atoms with van der Waals surface area (Å²) in [5.74, 6) is 0.672. The molecule has 1 aromatic heterocycles. The lowest BCUT2D eigenvalue weighted by atomic mass is 10.1. The Kier molecular flexibility index (Phi) is 8.02. The van der Waals surface area contributed by atoms with Crippen LogP contribution in [0.3, 0.4) is 0 Å². The van der Waals surface area contributed by atoms with Crippen molar-refractivity contribution in [2.75, 3.05) is 66.3 Å². The zero-order valence-corrected chi connectivity index (χ0v) is 19.2. The third-order valence-electron chi connectivity index (χ3n) is 5.61. The standard InChI is InChI=1S/C23H32N6O3/c1-27(2)21(17-5-7-19(32-4)8-6-17)16-25-23(31)26-18-9-10-24-20(15-18)22(30)29-13-11-28(3)12-14-29/h5-10,15,21H,11-14,16H2,1-4H3,(H2,24,25,26,31). The molecule has 9 heteroatoms. The molecule has 3 amide bonds. The molecule has 3 rings (SSSR count). The Morgan fingerprint density at radius 3 is 2.44 bits per heavy atom. The van der Waals surface area contributed by atoms with E-state index in [-0.39, 0.29) is 18.0 Å². The largest absolute Gasteiger partial charge is 0.497 e. The van der Waals surface area contributed by atoms with Crippen LogP contribution in [-0.4, -0.2) is 92.6 Å². The fraction of sp³-hybridized carbons (Fsp3) is 0.435. The third kappa shape index (κ3) is 6.18. The molecule has 0 spiro atoms. The highest BCUT2D eigenvalue weighted by Gasteiger charge is 2.22. The summed E-state index contributed by atoms with van der Waals surface area (Å²) in [5.41, 5.74) is 1.93. The second kappa shape index (κ2) is 10.9. The molecule has 2 aromatic rings. The number of carbonyl (C=O) groups is 2. The van der Waals surface area contributed by atoms with Crippen molar-refractivity contribution >= 4 is 17.6 Å². The predicted molar refractivity (Wildman–Crippen MR) is 124 cm³/mol. The van der Waals surface area contributed by atoms with E-state index in [0.29, 0.717) is 31.0 Å². The second-order valence-electron chi connectivity index (χ2n) is 8.11. The van der Waals surface area contributed by atoms with Gasteiger partial charge >= 0.3 is 6.03 Å². The number of ether oxygens (including phenoxy) is 1. The Bertz CT molecular complexity index is 910. The first kappa shape index (κ1) is 23.5. The summed E-state index contributed by atoms with van der Waals surface area (Å²) in [7, 11) is 7.60. The summed E-state index contributed by atoms with van der Waals surface area (Å²) < 4.78 is 5.22. The first-order chi connectivity index (χ1) is 15.4. The number of rotatable bonds is 7. The van der Waals surface area contributed by atoms with Crippen LogP contribution in [0.25, 0.3) is 0 Å². The summed E-state index contributed by atoms with van der Waals surface area (Å²) in [6.45, 7) is 3.45. The maximum atomic E-state index is 12.7. The van der Waals surface area contributed by atoms with Crippen molar-refractivity contribution in [2.24, 2.45) is 0 Å². The van der Waals surface area contributed by atoms with E-state index >= 15 is 0 Å². The molecule has 0 saturated carbocycles. The minimum absolute atomic E-state index is 0.00142.